The standard InChI is InChI=1S/C23H21F3N2O2/c24-23(25,26)18-8-11-22(27-13-18)30-21-12-20(15-29)28(14-21)19-9-6-17(7-10-19)16-4-2-1-3-5-16/h1-11,13,20-21,29H,12,14-15H2/t20-,21?/m0/s1. The normalized spacial score (nSPS) is 19.1. The molecule has 1 aliphatic rings. The third kappa shape index (κ3) is 4.41. The summed E-state index contributed by atoms with van der Waals surface area (Å²) < 4.78 is 43.8. The molecule has 2 atom stereocenters. The molecular weight excluding hydrogens is 393 g/mol. The summed E-state index contributed by atoms with van der Waals surface area (Å²) in [5, 5.41) is 9.80. The molecule has 0 radical (unpaired) electrons. The first-order chi connectivity index (χ1) is 14.4. The molecule has 0 aliphatic carbocycles. The van der Waals surface area contributed by atoms with Crippen molar-refractivity contribution in [3.63, 3.8) is 0 Å². The van der Waals surface area contributed by atoms with E-state index in [2.05, 4.69) is 9.88 Å². The van der Waals surface area contributed by atoms with E-state index >= 15 is 0 Å². The van der Waals surface area contributed by atoms with Gasteiger partial charge < -0.3 is 14.7 Å². The van der Waals surface area contributed by atoms with E-state index in [9.17, 15) is 18.3 Å². The molecule has 30 heavy (non-hydrogen) atoms. The van der Waals surface area contributed by atoms with Crippen LogP contribution in [-0.4, -0.2) is 35.4 Å². The lowest BCUT2D eigenvalue weighted by Gasteiger charge is -2.25. The van der Waals surface area contributed by atoms with Crippen molar-refractivity contribution in [1.29, 1.82) is 0 Å². The molecule has 7 heteroatoms. The smallest absolute Gasteiger partial charge is 0.417 e. The maximum absolute atomic E-state index is 12.7. The van der Waals surface area contributed by atoms with Crippen LogP contribution in [0.15, 0.2) is 72.9 Å². The summed E-state index contributed by atoms with van der Waals surface area (Å²) in [6.45, 7) is 0.472. The quantitative estimate of drug-likeness (QED) is 0.652. The minimum absolute atomic E-state index is 0.0409. The number of aromatic nitrogens is 1. The lowest BCUT2D eigenvalue weighted by atomic mass is 10.1. The van der Waals surface area contributed by atoms with E-state index in [1.54, 1.807) is 0 Å². The van der Waals surface area contributed by atoms with Gasteiger partial charge in [0.15, 0.2) is 0 Å². The van der Waals surface area contributed by atoms with Gasteiger partial charge in [0.05, 0.1) is 24.8 Å². The third-order valence-corrected chi connectivity index (χ3v) is 5.24. The van der Waals surface area contributed by atoms with Crippen LogP contribution in [0.2, 0.25) is 0 Å². The summed E-state index contributed by atoms with van der Waals surface area (Å²) in [7, 11) is 0. The van der Waals surface area contributed by atoms with Crippen molar-refractivity contribution in [2.24, 2.45) is 0 Å². The molecule has 2 heterocycles. The van der Waals surface area contributed by atoms with Gasteiger partial charge in [0.25, 0.3) is 0 Å². The van der Waals surface area contributed by atoms with Crippen LogP contribution >= 0.6 is 0 Å². The van der Waals surface area contributed by atoms with Gasteiger partial charge in [-0.25, -0.2) is 4.98 Å². The molecule has 4 nitrogen and oxygen atoms in total. The topological polar surface area (TPSA) is 45.6 Å². The third-order valence-electron chi connectivity index (χ3n) is 5.24. The predicted molar refractivity (Wildman–Crippen MR) is 108 cm³/mol. The molecule has 1 fully saturated rings. The van der Waals surface area contributed by atoms with Gasteiger partial charge in [0.1, 0.15) is 6.10 Å². The first-order valence-electron chi connectivity index (χ1n) is 9.67. The first kappa shape index (κ1) is 20.2. The number of benzene rings is 2. The molecule has 0 spiro atoms. The van der Waals surface area contributed by atoms with E-state index < -0.39 is 11.7 Å². The molecule has 156 valence electrons. The number of aliphatic hydroxyl groups excluding tert-OH is 1. The summed E-state index contributed by atoms with van der Waals surface area (Å²) >= 11 is 0. The zero-order valence-corrected chi connectivity index (χ0v) is 16.1. The van der Waals surface area contributed by atoms with Crippen molar-refractivity contribution in [1.82, 2.24) is 4.98 Å². The Morgan fingerprint density at radius 2 is 1.67 bits per heavy atom. The number of nitrogens with zero attached hydrogens (tertiary/aromatic N) is 2. The van der Waals surface area contributed by atoms with Crippen LogP contribution in [0, 0.1) is 0 Å². The molecule has 3 aromatic rings. The van der Waals surface area contributed by atoms with E-state index in [0.717, 1.165) is 29.1 Å². The number of pyridine rings is 1. The highest BCUT2D eigenvalue weighted by molar-refractivity contribution is 5.66. The van der Waals surface area contributed by atoms with Crippen LogP contribution in [0.3, 0.4) is 0 Å². The number of ether oxygens (including phenoxy) is 1. The number of anilines is 1. The van der Waals surface area contributed by atoms with Crippen molar-refractivity contribution in [3.05, 3.63) is 78.5 Å². The zero-order valence-electron chi connectivity index (χ0n) is 16.1. The van der Waals surface area contributed by atoms with E-state index in [1.165, 1.54) is 6.07 Å². The Balaban J connectivity index is 1.45. The van der Waals surface area contributed by atoms with Crippen LogP contribution in [0.1, 0.15) is 12.0 Å². The van der Waals surface area contributed by atoms with Gasteiger partial charge in [-0.3, -0.25) is 0 Å². The van der Waals surface area contributed by atoms with Crippen molar-refractivity contribution in [2.75, 3.05) is 18.1 Å². The predicted octanol–water partition coefficient (Wildman–Crippen LogP) is 4.79. The summed E-state index contributed by atoms with van der Waals surface area (Å²) in [4.78, 5) is 5.84. The SMILES string of the molecule is OC[C@@H]1CC(Oc2ccc(C(F)(F)F)cn2)CN1c1ccc(-c2ccccc2)cc1. The lowest BCUT2D eigenvalue weighted by molar-refractivity contribution is -0.137. The van der Waals surface area contributed by atoms with Crippen LogP contribution in [0.5, 0.6) is 5.88 Å². The first-order valence-corrected chi connectivity index (χ1v) is 9.67. The Hall–Kier alpha value is -3.06. The second-order valence-corrected chi connectivity index (χ2v) is 7.26. The highest BCUT2D eigenvalue weighted by Gasteiger charge is 2.34. The summed E-state index contributed by atoms with van der Waals surface area (Å²) in [6, 6.07) is 20.2. The molecule has 1 N–H and O–H groups in total. The monoisotopic (exact) mass is 414 g/mol. The minimum Gasteiger partial charge on any atom is -0.472 e. The second-order valence-electron chi connectivity index (χ2n) is 7.26. The summed E-state index contributed by atoms with van der Waals surface area (Å²) in [6.07, 6.45) is -3.38. The molecule has 1 aliphatic heterocycles. The molecule has 4 rings (SSSR count). The molecule has 1 aromatic heterocycles. The molecule has 2 aromatic carbocycles. The number of alkyl halides is 3. The Labute approximate surface area is 172 Å². The molecule has 0 bridgehead atoms. The van der Waals surface area contributed by atoms with E-state index in [4.69, 9.17) is 4.74 Å². The Kier molecular flexibility index (Phi) is 5.63. The summed E-state index contributed by atoms with van der Waals surface area (Å²) in [5.41, 5.74) is 2.37. The molecule has 0 saturated carbocycles. The fourth-order valence-electron chi connectivity index (χ4n) is 3.71. The van der Waals surface area contributed by atoms with E-state index in [-0.39, 0.29) is 24.6 Å². The van der Waals surface area contributed by atoms with Crippen LogP contribution < -0.4 is 9.64 Å². The molecular formula is C23H21F3N2O2. The lowest BCUT2D eigenvalue weighted by Crippen LogP contribution is -2.32. The zero-order chi connectivity index (χ0) is 21.1. The van der Waals surface area contributed by atoms with Crippen molar-refractivity contribution in [3.8, 4) is 17.0 Å². The van der Waals surface area contributed by atoms with Crippen LogP contribution in [0.25, 0.3) is 11.1 Å². The van der Waals surface area contributed by atoms with Crippen LogP contribution in [0.4, 0.5) is 18.9 Å². The van der Waals surface area contributed by atoms with Crippen molar-refractivity contribution >= 4 is 5.69 Å². The highest BCUT2D eigenvalue weighted by Crippen LogP contribution is 2.32. The molecule has 1 saturated heterocycles. The van der Waals surface area contributed by atoms with Crippen LogP contribution in [-0.2, 0) is 6.18 Å². The van der Waals surface area contributed by atoms with Crippen molar-refractivity contribution in [2.45, 2.75) is 24.7 Å². The molecule has 1 unspecified atom stereocenters. The van der Waals surface area contributed by atoms with Gasteiger partial charge in [0.2, 0.25) is 5.88 Å². The minimum atomic E-state index is -4.43. The van der Waals surface area contributed by atoms with Gasteiger partial charge in [-0.1, -0.05) is 42.5 Å². The average Bonchev–Trinajstić information content (AvgIpc) is 3.17. The maximum Gasteiger partial charge on any atom is 0.417 e. The number of rotatable bonds is 5. The highest BCUT2D eigenvalue weighted by atomic mass is 19.4. The number of hydrogen-bond donors (Lipinski definition) is 1. The van der Waals surface area contributed by atoms with Gasteiger partial charge in [-0.05, 0) is 29.3 Å². The Morgan fingerprint density at radius 1 is 0.967 bits per heavy atom. The van der Waals surface area contributed by atoms with Gasteiger partial charge in [0, 0.05) is 24.4 Å². The van der Waals surface area contributed by atoms with E-state index in [0.29, 0.717) is 13.0 Å². The Bertz CT molecular complexity index is 960. The Morgan fingerprint density at radius 3 is 2.27 bits per heavy atom. The molecule has 0 amide bonds. The van der Waals surface area contributed by atoms with Gasteiger partial charge >= 0.3 is 6.18 Å². The number of aliphatic hydroxyl groups is 1. The largest absolute Gasteiger partial charge is 0.472 e. The number of hydrogen-bond acceptors (Lipinski definition) is 4. The fraction of sp³-hybridized carbons (Fsp3) is 0.261. The average molecular weight is 414 g/mol. The van der Waals surface area contributed by atoms with E-state index in [1.807, 2.05) is 54.6 Å². The summed E-state index contributed by atoms with van der Waals surface area (Å²) in [5.74, 6) is 0.144. The number of halogens is 3. The maximum atomic E-state index is 12.7. The van der Waals surface area contributed by atoms with Gasteiger partial charge in [-0.15, -0.1) is 0 Å². The fourth-order valence-corrected chi connectivity index (χ4v) is 3.71. The van der Waals surface area contributed by atoms with Gasteiger partial charge in [-0.2, -0.15) is 13.2 Å². The van der Waals surface area contributed by atoms with Crippen molar-refractivity contribution < 1.29 is 23.0 Å². The second kappa shape index (κ2) is 8.36.